The second-order valence-corrected chi connectivity index (χ2v) is 1.74. The van der Waals surface area contributed by atoms with Gasteiger partial charge in [-0.3, -0.25) is 4.79 Å². The van der Waals surface area contributed by atoms with Crippen LogP contribution in [0.25, 0.3) is 0 Å². The first-order chi connectivity index (χ1) is 3.75. The molecular formula is C4H8N2O2. The summed E-state index contributed by atoms with van der Waals surface area (Å²) in [5.74, 6) is -0.347. The number of esters is 1. The average Bonchev–Trinajstić information content (AvgIpc) is 1.81. The zero-order valence-electron chi connectivity index (χ0n) is 4.33. The van der Waals surface area contributed by atoms with E-state index in [-0.39, 0.29) is 12.1 Å². The molecule has 4 heteroatoms. The summed E-state index contributed by atoms with van der Waals surface area (Å²) in [6.07, 6.45) is -0.234. The molecule has 0 spiro atoms. The lowest BCUT2D eigenvalue weighted by Gasteiger charge is -2.30. The lowest BCUT2D eigenvalue weighted by Crippen LogP contribution is -2.58. The molecule has 4 N–H and O–H groups in total. The van der Waals surface area contributed by atoms with Gasteiger partial charge in [-0.05, 0) is 0 Å². The standard InChI is InChI=1S/C4H8N2O2/c5-1-2-3(6)4(7)8-2/h2-3H,1,5-6H2. The molecule has 0 aliphatic carbocycles. The molecule has 0 aromatic carbocycles. The van der Waals surface area contributed by atoms with Crippen LogP contribution in [-0.2, 0) is 9.53 Å². The third-order valence-electron chi connectivity index (χ3n) is 1.17. The van der Waals surface area contributed by atoms with Crippen LogP contribution in [0, 0.1) is 0 Å². The van der Waals surface area contributed by atoms with Crippen LogP contribution in [0.5, 0.6) is 0 Å². The highest BCUT2D eigenvalue weighted by Crippen LogP contribution is 2.09. The SMILES string of the molecule is NCC1OC(=O)C1N. The largest absolute Gasteiger partial charge is 0.457 e. The second kappa shape index (κ2) is 1.72. The fourth-order valence-corrected chi connectivity index (χ4v) is 0.575. The molecule has 0 aromatic rings. The molecule has 1 aliphatic heterocycles. The Morgan fingerprint density at radius 3 is 2.50 bits per heavy atom. The van der Waals surface area contributed by atoms with Gasteiger partial charge in [0, 0.05) is 6.54 Å². The van der Waals surface area contributed by atoms with Crippen molar-refractivity contribution in [2.75, 3.05) is 6.54 Å². The van der Waals surface area contributed by atoms with Crippen LogP contribution in [0.3, 0.4) is 0 Å². The fourth-order valence-electron chi connectivity index (χ4n) is 0.575. The van der Waals surface area contributed by atoms with Crippen molar-refractivity contribution in [2.24, 2.45) is 11.5 Å². The number of ether oxygens (including phenoxy) is 1. The van der Waals surface area contributed by atoms with Crippen LogP contribution >= 0.6 is 0 Å². The third-order valence-corrected chi connectivity index (χ3v) is 1.17. The monoisotopic (exact) mass is 116 g/mol. The van der Waals surface area contributed by atoms with E-state index < -0.39 is 6.04 Å². The van der Waals surface area contributed by atoms with Gasteiger partial charge in [-0.25, -0.2) is 0 Å². The highest BCUT2D eigenvalue weighted by atomic mass is 16.6. The zero-order valence-corrected chi connectivity index (χ0v) is 4.33. The molecular weight excluding hydrogens is 108 g/mol. The van der Waals surface area contributed by atoms with Gasteiger partial charge in [-0.1, -0.05) is 0 Å². The minimum absolute atomic E-state index is 0.234. The van der Waals surface area contributed by atoms with E-state index in [0.717, 1.165) is 0 Å². The number of rotatable bonds is 1. The summed E-state index contributed by atoms with van der Waals surface area (Å²) in [6.45, 7) is 0.326. The van der Waals surface area contributed by atoms with Crippen molar-refractivity contribution in [3.05, 3.63) is 0 Å². The fraction of sp³-hybridized carbons (Fsp3) is 0.750. The Labute approximate surface area is 46.8 Å². The zero-order chi connectivity index (χ0) is 6.15. The van der Waals surface area contributed by atoms with Crippen molar-refractivity contribution in [2.45, 2.75) is 12.1 Å². The van der Waals surface area contributed by atoms with Crippen LogP contribution in [0.2, 0.25) is 0 Å². The summed E-state index contributed by atoms with van der Waals surface area (Å²) in [4.78, 5) is 10.2. The van der Waals surface area contributed by atoms with Crippen molar-refractivity contribution in [1.29, 1.82) is 0 Å². The van der Waals surface area contributed by atoms with Gasteiger partial charge in [0.05, 0.1) is 0 Å². The van der Waals surface area contributed by atoms with Gasteiger partial charge in [-0.15, -0.1) is 0 Å². The molecule has 0 bridgehead atoms. The smallest absolute Gasteiger partial charge is 0.327 e. The van der Waals surface area contributed by atoms with E-state index in [1.165, 1.54) is 0 Å². The van der Waals surface area contributed by atoms with Crippen LogP contribution in [0.1, 0.15) is 0 Å². The van der Waals surface area contributed by atoms with Crippen molar-refractivity contribution < 1.29 is 9.53 Å². The van der Waals surface area contributed by atoms with Crippen molar-refractivity contribution in [3.63, 3.8) is 0 Å². The minimum Gasteiger partial charge on any atom is -0.457 e. The van der Waals surface area contributed by atoms with E-state index >= 15 is 0 Å². The Balaban J connectivity index is 2.35. The van der Waals surface area contributed by atoms with E-state index in [4.69, 9.17) is 11.5 Å². The van der Waals surface area contributed by atoms with Gasteiger partial charge in [0.25, 0.3) is 0 Å². The van der Waals surface area contributed by atoms with Crippen LogP contribution in [-0.4, -0.2) is 24.7 Å². The average molecular weight is 116 g/mol. The molecule has 2 atom stereocenters. The molecule has 2 unspecified atom stereocenters. The van der Waals surface area contributed by atoms with Crippen molar-refractivity contribution in [1.82, 2.24) is 0 Å². The maximum absolute atomic E-state index is 10.2. The van der Waals surface area contributed by atoms with Crippen LogP contribution in [0.4, 0.5) is 0 Å². The first-order valence-corrected chi connectivity index (χ1v) is 2.42. The molecule has 1 rings (SSSR count). The maximum atomic E-state index is 10.2. The number of carbonyl (C=O) groups excluding carboxylic acids is 1. The Morgan fingerprint density at radius 2 is 2.38 bits per heavy atom. The van der Waals surface area contributed by atoms with Gasteiger partial charge in [0.15, 0.2) is 0 Å². The van der Waals surface area contributed by atoms with Gasteiger partial charge >= 0.3 is 5.97 Å². The Morgan fingerprint density at radius 1 is 1.75 bits per heavy atom. The second-order valence-electron chi connectivity index (χ2n) is 1.74. The predicted molar refractivity (Wildman–Crippen MR) is 26.9 cm³/mol. The molecule has 0 amide bonds. The van der Waals surface area contributed by atoms with E-state index in [9.17, 15) is 4.79 Å². The van der Waals surface area contributed by atoms with E-state index in [1.807, 2.05) is 0 Å². The normalized spacial score (nSPS) is 36.0. The van der Waals surface area contributed by atoms with E-state index in [0.29, 0.717) is 6.54 Å². The highest BCUT2D eigenvalue weighted by molar-refractivity contribution is 5.81. The number of nitrogens with two attached hydrogens (primary N) is 2. The summed E-state index contributed by atoms with van der Waals surface area (Å²) in [6, 6.07) is -0.472. The Hall–Kier alpha value is -0.610. The molecule has 1 aliphatic rings. The highest BCUT2D eigenvalue weighted by Gasteiger charge is 2.37. The number of cyclic esters (lactones) is 1. The molecule has 0 aromatic heterocycles. The molecule has 0 radical (unpaired) electrons. The molecule has 46 valence electrons. The van der Waals surface area contributed by atoms with Crippen LogP contribution in [0.15, 0.2) is 0 Å². The summed E-state index contributed by atoms with van der Waals surface area (Å²) in [5, 5.41) is 0. The molecule has 1 fully saturated rings. The molecule has 1 saturated heterocycles. The van der Waals surface area contributed by atoms with Gasteiger partial charge in [0.2, 0.25) is 0 Å². The van der Waals surface area contributed by atoms with Crippen molar-refractivity contribution >= 4 is 5.97 Å². The number of hydrogen-bond donors (Lipinski definition) is 2. The summed E-state index contributed by atoms with van der Waals surface area (Å²) >= 11 is 0. The molecule has 0 saturated carbocycles. The summed E-state index contributed by atoms with van der Waals surface area (Å²) in [5.41, 5.74) is 10.4. The Kier molecular flexibility index (Phi) is 1.19. The first-order valence-electron chi connectivity index (χ1n) is 2.42. The predicted octanol–water partition coefficient (Wildman–Crippen LogP) is -1.80. The van der Waals surface area contributed by atoms with E-state index in [1.54, 1.807) is 0 Å². The molecule has 8 heavy (non-hydrogen) atoms. The maximum Gasteiger partial charge on any atom is 0.327 e. The van der Waals surface area contributed by atoms with Crippen molar-refractivity contribution in [3.8, 4) is 0 Å². The number of carbonyl (C=O) groups is 1. The first kappa shape index (κ1) is 5.53. The van der Waals surface area contributed by atoms with E-state index in [2.05, 4.69) is 4.74 Å². The lowest BCUT2D eigenvalue weighted by atomic mass is 10.1. The van der Waals surface area contributed by atoms with Gasteiger partial charge < -0.3 is 16.2 Å². The molecule has 1 heterocycles. The topological polar surface area (TPSA) is 78.3 Å². The summed E-state index contributed by atoms with van der Waals surface area (Å²) in [7, 11) is 0. The summed E-state index contributed by atoms with van der Waals surface area (Å²) < 4.78 is 4.51. The minimum atomic E-state index is -0.472. The Bertz CT molecular complexity index is 115. The quantitative estimate of drug-likeness (QED) is 0.396. The molecule has 4 nitrogen and oxygen atoms in total. The van der Waals surface area contributed by atoms with Crippen LogP contribution < -0.4 is 11.5 Å². The van der Waals surface area contributed by atoms with Gasteiger partial charge in [-0.2, -0.15) is 0 Å². The van der Waals surface area contributed by atoms with Gasteiger partial charge in [0.1, 0.15) is 12.1 Å². The lowest BCUT2D eigenvalue weighted by molar-refractivity contribution is -0.172. The third kappa shape index (κ3) is 0.579. The number of hydrogen-bond acceptors (Lipinski definition) is 4.